The molecule has 25 heavy (non-hydrogen) atoms. The molecule has 1 nitrogen and oxygen atoms in total. The van der Waals surface area contributed by atoms with Crippen LogP contribution in [0.2, 0.25) is 0 Å². The van der Waals surface area contributed by atoms with Gasteiger partial charge in [0.25, 0.3) is 0 Å². The molecule has 3 rings (SSSR count). The van der Waals surface area contributed by atoms with Gasteiger partial charge in [-0.25, -0.2) is 8.78 Å². The predicted molar refractivity (Wildman–Crippen MR) is 85.1 cm³/mol. The molecule has 0 aromatic heterocycles. The second-order valence-corrected chi connectivity index (χ2v) is 6.96. The lowest BCUT2D eigenvalue weighted by molar-refractivity contribution is -0.276. The molecule has 0 aliphatic heterocycles. The lowest BCUT2D eigenvalue weighted by atomic mass is 9.74. The van der Waals surface area contributed by atoms with E-state index < -0.39 is 23.7 Å². The minimum Gasteiger partial charge on any atom is -0.399 e. The van der Waals surface area contributed by atoms with Gasteiger partial charge in [-0.15, -0.1) is 13.2 Å². The second kappa shape index (κ2) is 6.96. The van der Waals surface area contributed by atoms with Crippen LogP contribution in [0.25, 0.3) is 6.08 Å². The molecule has 0 heterocycles. The molecule has 6 heteroatoms. The van der Waals surface area contributed by atoms with Gasteiger partial charge in [0.1, 0.15) is 0 Å². The van der Waals surface area contributed by atoms with Crippen LogP contribution in [0.3, 0.4) is 0 Å². The summed E-state index contributed by atoms with van der Waals surface area (Å²) < 4.78 is 68.8. The summed E-state index contributed by atoms with van der Waals surface area (Å²) in [5, 5.41) is 0. The Morgan fingerprint density at radius 2 is 1.76 bits per heavy atom. The number of fused-ring (bicyclic) bond motifs is 1. The van der Waals surface area contributed by atoms with E-state index in [4.69, 9.17) is 0 Å². The summed E-state index contributed by atoms with van der Waals surface area (Å²) in [4.78, 5) is 0. The van der Waals surface area contributed by atoms with Gasteiger partial charge in [0.05, 0.1) is 0 Å². The first-order valence-corrected chi connectivity index (χ1v) is 8.75. The molecular formula is C19H21F5O. The summed E-state index contributed by atoms with van der Waals surface area (Å²) in [6.45, 7) is 2.19. The van der Waals surface area contributed by atoms with Gasteiger partial charge in [0.2, 0.25) is 5.75 Å². The van der Waals surface area contributed by atoms with Crippen molar-refractivity contribution in [3.8, 4) is 5.75 Å². The highest BCUT2D eigenvalue weighted by molar-refractivity contribution is 5.62. The first kappa shape index (κ1) is 18.2. The summed E-state index contributed by atoms with van der Waals surface area (Å²) in [5.41, 5.74) is 1.60. The summed E-state index contributed by atoms with van der Waals surface area (Å²) >= 11 is 0. The highest BCUT2D eigenvalue weighted by Gasteiger charge is 2.35. The topological polar surface area (TPSA) is 9.23 Å². The summed E-state index contributed by atoms with van der Waals surface area (Å²) in [5.74, 6) is -2.75. The molecule has 2 aliphatic carbocycles. The van der Waals surface area contributed by atoms with Gasteiger partial charge in [-0.3, -0.25) is 0 Å². The number of allylic oxidation sites excluding steroid dienone is 1. The van der Waals surface area contributed by atoms with E-state index in [2.05, 4.69) is 11.7 Å². The molecule has 0 amide bonds. The van der Waals surface area contributed by atoms with Crippen LogP contribution in [-0.2, 0) is 6.42 Å². The maximum atomic E-state index is 14.3. The van der Waals surface area contributed by atoms with Gasteiger partial charge in [0, 0.05) is 0 Å². The summed E-state index contributed by atoms with van der Waals surface area (Å²) in [7, 11) is 0. The number of halogens is 5. The van der Waals surface area contributed by atoms with Crippen molar-refractivity contribution >= 4 is 6.08 Å². The van der Waals surface area contributed by atoms with Crippen molar-refractivity contribution in [1.82, 2.24) is 0 Å². The van der Waals surface area contributed by atoms with Gasteiger partial charge < -0.3 is 4.74 Å². The van der Waals surface area contributed by atoms with E-state index in [0.717, 1.165) is 43.2 Å². The maximum Gasteiger partial charge on any atom is 0.573 e. The third kappa shape index (κ3) is 3.98. The average molecular weight is 360 g/mol. The molecule has 0 spiro atoms. The molecule has 1 aromatic carbocycles. The molecule has 0 radical (unpaired) electrons. The minimum atomic E-state index is -5.12. The van der Waals surface area contributed by atoms with Crippen molar-refractivity contribution in [2.45, 2.75) is 58.2 Å². The van der Waals surface area contributed by atoms with E-state index in [0.29, 0.717) is 17.9 Å². The quantitative estimate of drug-likeness (QED) is 0.566. The van der Waals surface area contributed by atoms with E-state index in [1.54, 1.807) is 6.08 Å². The fraction of sp³-hybridized carbons (Fsp3) is 0.579. The molecule has 2 aliphatic rings. The lowest BCUT2D eigenvalue weighted by Gasteiger charge is -2.31. The Hall–Kier alpha value is -1.59. The third-order valence-corrected chi connectivity index (χ3v) is 5.48. The second-order valence-electron chi connectivity index (χ2n) is 6.96. The fourth-order valence-corrected chi connectivity index (χ4v) is 4.05. The Labute approximate surface area is 143 Å². The van der Waals surface area contributed by atoms with Crippen molar-refractivity contribution in [2.24, 2.45) is 11.8 Å². The Kier molecular flexibility index (Phi) is 5.07. The Bertz CT molecular complexity index is 669. The van der Waals surface area contributed by atoms with E-state index in [9.17, 15) is 22.0 Å². The van der Waals surface area contributed by atoms with Crippen LogP contribution in [0.15, 0.2) is 11.6 Å². The predicted octanol–water partition coefficient (Wildman–Crippen LogP) is 6.41. The van der Waals surface area contributed by atoms with Crippen LogP contribution in [0.4, 0.5) is 22.0 Å². The molecule has 0 saturated heterocycles. The molecule has 0 bridgehead atoms. The van der Waals surface area contributed by atoms with Crippen LogP contribution in [0, 0.1) is 23.5 Å². The fourth-order valence-electron chi connectivity index (χ4n) is 4.05. The first-order chi connectivity index (χ1) is 11.8. The minimum absolute atomic E-state index is 0.103. The van der Waals surface area contributed by atoms with Gasteiger partial charge in [-0.1, -0.05) is 25.0 Å². The van der Waals surface area contributed by atoms with Crippen LogP contribution in [0.5, 0.6) is 5.75 Å². The van der Waals surface area contributed by atoms with Crippen molar-refractivity contribution in [1.29, 1.82) is 0 Å². The summed E-state index contributed by atoms with van der Waals surface area (Å²) in [6, 6.07) is 0.955. The normalized spacial score (nSPS) is 23.8. The molecule has 1 fully saturated rings. The molecule has 0 unspecified atom stereocenters. The number of alkyl halides is 3. The molecule has 1 saturated carbocycles. The molecule has 1 aromatic rings. The van der Waals surface area contributed by atoms with E-state index in [1.165, 1.54) is 6.42 Å². The largest absolute Gasteiger partial charge is 0.573 e. The molecule has 0 N–H and O–H groups in total. The Morgan fingerprint density at radius 3 is 2.36 bits per heavy atom. The van der Waals surface area contributed by atoms with Gasteiger partial charge in [-0.05, 0) is 67.6 Å². The van der Waals surface area contributed by atoms with Crippen LogP contribution < -0.4 is 4.74 Å². The monoisotopic (exact) mass is 360 g/mol. The number of hydrogen-bond donors (Lipinski definition) is 0. The van der Waals surface area contributed by atoms with Gasteiger partial charge in [-0.2, -0.15) is 0 Å². The smallest absolute Gasteiger partial charge is 0.399 e. The summed E-state index contributed by atoms with van der Waals surface area (Å²) in [6.07, 6.45) is 3.15. The third-order valence-electron chi connectivity index (χ3n) is 5.48. The standard InChI is InChI=1S/C19H21F5O/c1-2-11-3-5-12(6-4-11)13-7-8-15-14(9-13)10-16(20)18(17(15)21)25-19(22,23)24/h9-12H,2-8H2,1H3. The zero-order chi connectivity index (χ0) is 18.2. The zero-order valence-electron chi connectivity index (χ0n) is 14.1. The lowest BCUT2D eigenvalue weighted by Crippen LogP contribution is -2.21. The van der Waals surface area contributed by atoms with Gasteiger partial charge in [0.15, 0.2) is 11.6 Å². The Morgan fingerprint density at radius 1 is 1.08 bits per heavy atom. The van der Waals surface area contributed by atoms with Crippen molar-refractivity contribution in [3.05, 3.63) is 34.4 Å². The number of rotatable bonds is 3. The highest BCUT2D eigenvalue weighted by atomic mass is 19.4. The zero-order valence-corrected chi connectivity index (χ0v) is 14.1. The first-order valence-electron chi connectivity index (χ1n) is 8.75. The average Bonchev–Trinajstić information content (AvgIpc) is 2.57. The maximum absolute atomic E-state index is 14.3. The number of benzene rings is 1. The van der Waals surface area contributed by atoms with Crippen LogP contribution >= 0.6 is 0 Å². The highest BCUT2D eigenvalue weighted by Crippen LogP contribution is 2.41. The molecule has 0 atom stereocenters. The van der Waals surface area contributed by atoms with Gasteiger partial charge >= 0.3 is 6.36 Å². The Balaban J connectivity index is 1.85. The van der Waals surface area contributed by atoms with E-state index in [-0.39, 0.29) is 12.0 Å². The van der Waals surface area contributed by atoms with Crippen LogP contribution in [-0.4, -0.2) is 6.36 Å². The van der Waals surface area contributed by atoms with E-state index in [1.807, 2.05) is 0 Å². The van der Waals surface area contributed by atoms with E-state index >= 15 is 0 Å². The molecular weight excluding hydrogens is 339 g/mol. The number of ether oxygens (including phenoxy) is 1. The van der Waals surface area contributed by atoms with Crippen LogP contribution in [0.1, 0.15) is 56.6 Å². The van der Waals surface area contributed by atoms with Crippen molar-refractivity contribution < 1.29 is 26.7 Å². The SMILES string of the molecule is CCC1CCC(C2=Cc3cc(F)c(OC(F)(F)F)c(F)c3CC2)CC1. The number of hydrogen-bond acceptors (Lipinski definition) is 1. The van der Waals surface area contributed by atoms with Crippen molar-refractivity contribution in [3.63, 3.8) is 0 Å². The molecule has 138 valence electrons. The van der Waals surface area contributed by atoms with Crippen molar-refractivity contribution in [2.75, 3.05) is 0 Å².